The lowest BCUT2D eigenvalue weighted by Gasteiger charge is -2.05. The third kappa shape index (κ3) is 2.57. The number of amides is 1. The van der Waals surface area contributed by atoms with Crippen LogP contribution in [0.15, 0.2) is 18.2 Å². The second-order valence-electron chi connectivity index (χ2n) is 4.03. The molecule has 0 atom stereocenters. The standard InChI is InChI=1S/C12H16N2O/c13-12(15)8-14-7-9-4-5-10-2-1-3-11(10)6-9/h4-6,14H,1-3,7-8H2,(H2,13,15). The van der Waals surface area contributed by atoms with Gasteiger partial charge < -0.3 is 11.1 Å². The van der Waals surface area contributed by atoms with Crippen molar-refractivity contribution in [2.45, 2.75) is 25.8 Å². The van der Waals surface area contributed by atoms with Crippen LogP contribution >= 0.6 is 0 Å². The molecule has 1 aromatic rings. The number of rotatable bonds is 4. The zero-order valence-electron chi connectivity index (χ0n) is 8.75. The van der Waals surface area contributed by atoms with Gasteiger partial charge in [-0.15, -0.1) is 0 Å². The van der Waals surface area contributed by atoms with Crippen LogP contribution in [-0.4, -0.2) is 12.5 Å². The molecule has 0 radical (unpaired) electrons. The summed E-state index contributed by atoms with van der Waals surface area (Å²) in [5.74, 6) is -0.309. The molecule has 0 bridgehead atoms. The molecule has 1 aromatic carbocycles. The molecule has 0 saturated heterocycles. The molecule has 0 aromatic heterocycles. The van der Waals surface area contributed by atoms with Crippen molar-refractivity contribution >= 4 is 5.91 Å². The predicted octanol–water partition coefficient (Wildman–Crippen LogP) is 0.750. The summed E-state index contributed by atoms with van der Waals surface area (Å²) in [6.07, 6.45) is 3.68. The minimum Gasteiger partial charge on any atom is -0.369 e. The fourth-order valence-corrected chi connectivity index (χ4v) is 2.07. The monoisotopic (exact) mass is 204 g/mol. The van der Waals surface area contributed by atoms with Crippen LogP contribution < -0.4 is 11.1 Å². The molecule has 0 unspecified atom stereocenters. The molecule has 1 aliphatic carbocycles. The molecule has 3 heteroatoms. The number of primary amides is 1. The van der Waals surface area contributed by atoms with Crippen LogP contribution in [0.1, 0.15) is 23.1 Å². The third-order valence-electron chi connectivity index (χ3n) is 2.79. The average Bonchev–Trinajstić information content (AvgIpc) is 2.64. The highest BCUT2D eigenvalue weighted by Gasteiger charge is 2.10. The van der Waals surface area contributed by atoms with Gasteiger partial charge in [-0.3, -0.25) is 4.79 Å². The van der Waals surface area contributed by atoms with Crippen molar-refractivity contribution in [3.05, 3.63) is 34.9 Å². The molecule has 1 aliphatic rings. The molecule has 3 N–H and O–H groups in total. The van der Waals surface area contributed by atoms with E-state index in [1.807, 2.05) is 0 Å². The molecule has 15 heavy (non-hydrogen) atoms. The van der Waals surface area contributed by atoms with Crippen molar-refractivity contribution in [2.75, 3.05) is 6.54 Å². The van der Waals surface area contributed by atoms with Gasteiger partial charge in [-0.2, -0.15) is 0 Å². The molecule has 1 amide bonds. The van der Waals surface area contributed by atoms with Crippen LogP contribution in [0.5, 0.6) is 0 Å². The maximum absolute atomic E-state index is 10.5. The number of nitrogens with two attached hydrogens (primary N) is 1. The van der Waals surface area contributed by atoms with Crippen LogP contribution in [0.25, 0.3) is 0 Å². The van der Waals surface area contributed by atoms with Gasteiger partial charge in [0.1, 0.15) is 0 Å². The van der Waals surface area contributed by atoms with Crippen LogP contribution in [-0.2, 0) is 24.2 Å². The van der Waals surface area contributed by atoms with Crippen molar-refractivity contribution in [2.24, 2.45) is 5.73 Å². The van der Waals surface area contributed by atoms with Gasteiger partial charge in [0.15, 0.2) is 0 Å². The number of aryl methyl sites for hydroxylation is 2. The molecule has 0 spiro atoms. The second-order valence-corrected chi connectivity index (χ2v) is 4.03. The quantitative estimate of drug-likeness (QED) is 0.760. The van der Waals surface area contributed by atoms with Crippen LogP contribution in [0.3, 0.4) is 0 Å². The van der Waals surface area contributed by atoms with Gasteiger partial charge in [0, 0.05) is 6.54 Å². The van der Waals surface area contributed by atoms with Crippen molar-refractivity contribution in [3.8, 4) is 0 Å². The summed E-state index contributed by atoms with van der Waals surface area (Å²) in [7, 11) is 0. The highest BCUT2D eigenvalue weighted by atomic mass is 16.1. The Hall–Kier alpha value is -1.35. The Bertz CT molecular complexity index is 374. The van der Waals surface area contributed by atoms with Crippen molar-refractivity contribution in [1.82, 2.24) is 5.32 Å². The highest BCUT2D eigenvalue weighted by molar-refractivity contribution is 5.75. The second kappa shape index (κ2) is 4.45. The van der Waals surface area contributed by atoms with Crippen molar-refractivity contribution in [3.63, 3.8) is 0 Å². The van der Waals surface area contributed by atoms with E-state index >= 15 is 0 Å². The smallest absolute Gasteiger partial charge is 0.231 e. The summed E-state index contributed by atoms with van der Waals surface area (Å²) in [5.41, 5.74) is 9.22. The van der Waals surface area contributed by atoms with Crippen molar-refractivity contribution in [1.29, 1.82) is 0 Å². The Morgan fingerprint density at radius 2 is 2.13 bits per heavy atom. The molecular weight excluding hydrogens is 188 g/mol. The molecular formula is C12H16N2O. The van der Waals surface area contributed by atoms with Gasteiger partial charge in [0.25, 0.3) is 0 Å². The highest BCUT2D eigenvalue weighted by Crippen LogP contribution is 2.22. The first-order valence-electron chi connectivity index (χ1n) is 5.35. The normalized spacial score (nSPS) is 13.9. The lowest BCUT2D eigenvalue weighted by Crippen LogP contribution is -2.28. The number of nitrogens with one attached hydrogen (secondary N) is 1. The number of benzene rings is 1. The minimum atomic E-state index is -0.309. The molecule has 2 rings (SSSR count). The summed E-state index contributed by atoms with van der Waals surface area (Å²) in [6, 6.07) is 6.55. The van der Waals surface area contributed by atoms with E-state index in [9.17, 15) is 4.79 Å². The third-order valence-corrected chi connectivity index (χ3v) is 2.79. The lowest BCUT2D eigenvalue weighted by molar-refractivity contribution is -0.117. The molecule has 0 fully saturated rings. The van der Waals surface area contributed by atoms with Gasteiger partial charge in [-0.1, -0.05) is 18.2 Å². The minimum absolute atomic E-state index is 0.247. The summed E-state index contributed by atoms with van der Waals surface area (Å²) >= 11 is 0. The van der Waals surface area contributed by atoms with Crippen LogP contribution in [0.4, 0.5) is 0 Å². The van der Waals surface area contributed by atoms with E-state index in [0.29, 0.717) is 0 Å². The van der Waals surface area contributed by atoms with Crippen molar-refractivity contribution < 1.29 is 4.79 Å². The van der Waals surface area contributed by atoms with E-state index in [1.165, 1.54) is 36.0 Å². The SMILES string of the molecule is NC(=O)CNCc1ccc2c(c1)CCC2. The number of fused-ring (bicyclic) bond motifs is 1. The van der Waals surface area contributed by atoms with Gasteiger partial charge in [-0.05, 0) is 36.0 Å². The van der Waals surface area contributed by atoms with E-state index in [1.54, 1.807) is 0 Å². The topological polar surface area (TPSA) is 55.1 Å². The van der Waals surface area contributed by atoms with E-state index < -0.39 is 0 Å². The number of carbonyl (C=O) groups excluding carboxylic acids is 1. The van der Waals surface area contributed by atoms with Gasteiger partial charge in [-0.25, -0.2) is 0 Å². The van der Waals surface area contributed by atoms with E-state index in [0.717, 1.165) is 6.54 Å². The summed E-state index contributed by atoms with van der Waals surface area (Å²) < 4.78 is 0. The Labute approximate surface area is 89.7 Å². The molecule has 0 saturated carbocycles. The van der Waals surface area contributed by atoms with E-state index in [2.05, 4.69) is 23.5 Å². The zero-order valence-corrected chi connectivity index (χ0v) is 8.75. The fraction of sp³-hybridized carbons (Fsp3) is 0.417. The largest absolute Gasteiger partial charge is 0.369 e. The fourth-order valence-electron chi connectivity index (χ4n) is 2.07. The van der Waals surface area contributed by atoms with E-state index in [-0.39, 0.29) is 12.5 Å². The van der Waals surface area contributed by atoms with Gasteiger partial charge in [0.05, 0.1) is 6.54 Å². The first-order valence-corrected chi connectivity index (χ1v) is 5.35. The summed E-state index contributed by atoms with van der Waals surface area (Å²) in [4.78, 5) is 10.5. The van der Waals surface area contributed by atoms with Crippen LogP contribution in [0, 0.1) is 0 Å². The summed E-state index contributed by atoms with van der Waals surface area (Å²) in [5, 5.41) is 3.02. The Kier molecular flexibility index (Phi) is 3.02. The molecule has 0 heterocycles. The number of carbonyl (C=O) groups is 1. The van der Waals surface area contributed by atoms with E-state index in [4.69, 9.17) is 5.73 Å². The Morgan fingerprint density at radius 1 is 1.33 bits per heavy atom. The molecule has 80 valence electrons. The Morgan fingerprint density at radius 3 is 2.93 bits per heavy atom. The maximum atomic E-state index is 10.5. The number of hydrogen-bond acceptors (Lipinski definition) is 2. The first kappa shape index (κ1) is 10.2. The molecule has 0 aliphatic heterocycles. The maximum Gasteiger partial charge on any atom is 0.231 e. The molecule has 3 nitrogen and oxygen atoms in total. The summed E-state index contributed by atoms with van der Waals surface area (Å²) in [6.45, 7) is 0.966. The van der Waals surface area contributed by atoms with Gasteiger partial charge in [0.2, 0.25) is 5.91 Å². The first-order chi connectivity index (χ1) is 7.25. The Balaban J connectivity index is 1.95. The lowest BCUT2D eigenvalue weighted by atomic mass is 10.1. The zero-order chi connectivity index (χ0) is 10.7. The van der Waals surface area contributed by atoms with Gasteiger partial charge >= 0.3 is 0 Å². The van der Waals surface area contributed by atoms with Crippen LogP contribution in [0.2, 0.25) is 0 Å². The number of hydrogen-bond donors (Lipinski definition) is 2. The average molecular weight is 204 g/mol. The predicted molar refractivity (Wildman–Crippen MR) is 59.4 cm³/mol.